The first-order valence-corrected chi connectivity index (χ1v) is 6.05. The van der Waals surface area contributed by atoms with Crippen LogP contribution in [0.4, 0.5) is 0 Å². The van der Waals surface area contributed by atoms with Gasteiger partial charge < -0.3 is 14.9 Å². The van der Waals surface area contributed by atoms with E-state index < -0.39 is 5.97 Å². The molecule has 2 N–H and O–H groups in total. The number of hydrogen-bond donors (Lipinski definition) is 2. The third-order valence-corrected chi connectivity index (χ3v) is 2.79. The molecule has 0 radical (unpaired) electrons. The highest BCUT2D eigenvalue weighted by atomic mass is 16.5. The Bertz CT molecular complexity index is 629. The summed E-state index contributed by atoms with van der Waals surface area (Å²) in [6, 6.07) is 11.1. The number of carboxylic acids is 1. The highest BCUT2D eigenvalue weighted by Crippen LogP contribution is 2.31. The van der Waals surface area contributed by atoms with Crippen LogP contribution in [0.15, 0.2) is 55.1 Å². The van der Waals surface area contributed by atoms with Gasteiger partial charge in [-0.25, -0.2) is 4.79 Å². The van der Waals surface area contributed by atoms with Gasteiger partial charge in [0.05, 0.1) is 5.56 Å². The van der Waals surface area contributed by atoms with Gasteiger partial charge in [0.1, 0.15) is 17.2 Å². The van der Waals surface area contributed by atoms with Gasteiger partial charge in [0.25, 0.3) is 0 Å². The predicted octanol–water partition coefficient (Wildman–Crippen LogP) is 3.61. The molecule has 0 spiro atoms. The molecule has 0 saturated carbocycles. The number of benzene rings is 2. The van der Waals surface area contributed by atoms with E-state index in [1.165, 1.54) is 12.1 Å². The van der Waals surface area contributed by atoms with Gasteiger partial charge in [0.15, 0.2) is 0 Å². The summed E-state index contributed by atoms with van der Waals surface area (Å²) >= 11 is 0. The van der Waals surface area contributed by atoms with Crippen molar-refractivity contribution in [2.75, 3.05) is 0 Å². The van der Waals surface area contributed by atoms with Crippen LogP contribution < -0.4 is 4.74 Å². The minimum absolute atomic E-state index is 0.143. The Kier molecular flexibility index (Phi) is 4.05. The van der Waals surface area contributed by atoms with Gasteiger partial charge in [-0.2, -0.15) is 0 Å². The first-order valence-electron chi connectivity index (χ1n) is 6.05. The summed E-state index contributed by atoms with van der Waals surface area (Å²) in [5.41, 5.74) is 0.837. The normalized spacial score (nSPS) is 10.0. The Morgan fingerprint density at radius 1 is 1.20 bits per heavy atom. The summed E-state index contributed by atoms with van der Waals surface area (Å²) in [5.74, 6) is 0.185. The average molecular weight is 270 g/mol. The van der Waals surface area contributed by atoms with E-state index in [1.54, 1.807) is 36.4 Å². The van der Waals surface area contributed by atoms with Crippen molar-refractivity contribution in [1.29, 1.82) is 0 Å². The number of ether oxygens (including phenoxy) is 1. The molecule has 0 aliphatic rings. The standard InChI is InChI=1S/C16H14O4/c1-2-4-13-14(17)5-3-6-15(13)20-12-9-7-11(8-10-12)16(18)19/h2-3,5-10,17H,1,4H2,(H,18,19). The van der Waals surface area contributed by atoms with Crippen molar-refractivity contribution < 1.29 is 19.7 Å². The van der Waals surface area contributed by atoms with Crippen molar-refractivity contribution in [1.82, 2.24) is 0 Å². The smallest absolute Gasteiger partial charge is 0.335 e. The van der Waals surface area contributed by atoms with Crippen molar-refractivity contribution in [2.24, 2.45) is 0 Å². The topological polar surface area (TPSA) is 66.8 Å². The molecule has 0 atom stereocenters. The third kappa shape index (κ3) is 2.98. The van der Waals surface area contributed by atoms with Crippen LogP contribution in [0.3, 0.4) is 0 Å². The van der Waals surface area contributed by atoms with Gasteiger partial charge in [-0.1, -0.05) is 12.1 Å². The number of phenols is 1. The molecule has 0 heterocycles. The molecule has 0 aliphatic heterocycles. The molecule has 0 aliphatic carbocycles. The van der Waals surface area contributed by atoms with Crippen molar-refractivity contribution in [3.8, 4) is 17.2 Å². The van der Waals surface area contributed by atoms with Crippen molar-refractivity contribution in [3.05, 3.63) is 66.2 Å². The molecule has 0 amide bonds. The van der Waals surface area contributed by atoms with E-state index in [9.17, 15) is 9.90 Å². The number of phenolic OH excluding ortho intramolecular Hbond substituents is 1. The van der Waals surface area contributed by atoms with Crippen LogP contribution >= 0.6 is 0 Å². The number of allylic oxidation sites excluding steroid dienone is 1. The maximum absolute atomic E-state index is 10.8. The molecule has 102 valence electrons. The molecule has 0 fully saturated rings. The molecular formula is C16H14O4. The van der Waals surface area contributed by atoms with Gasteiger partial charge in [-0.3, -0.25) is 0 Å². The van der Waals surface area contributed by atoms with E-state index in [0.29, 0.717) is 23.5 Å². The van der Waals surface area contributed by atoms with Crippen molar-refractivity contribution >= 4 is 5.97 Å². The SMILES string of the molecule is C=CCc1c(O)cccc1Oc1ccc(C(=O)O)cc1. The summed E-state index contributed by atoms with van der Waals surface area (Å²) in [7, 11) is 0. The monoisotopic (exact) mass is 270 g/mol. The molecule has 20 heavy (non-hydrogen) atoms. The van der Waals surface area contributed by atoms with Crippen molar-refractivity contribution in [3.63, 3.8) is 0 Å². The highest BCUT2D eigenvalue weighted by molar-refractivity contribution is 5.87. The van der Waals surface area contributed by atoms with E-state index in [4.69, 9.17) is 9.84 Å². The Labute approximate surface area is 116 Å². The Balaban J connectivity index is 2.27. The first kappa shape index (κ1) is 13.7. The maximum atomic E-state index is 10.8. The largest absolute Gasteiger partial charge is 0.508 e. The van der Waals surface area contributed by atoms with Crippen LogP contribution in [-0.2, 0) is 6.42 Å². The van der Waals surface area contributed by atoms with Gasteiger partial charge in [0.2, 0.25) is 0 Å². The zero-order chi connectivity index (χ0) is 14.5. The lowest BCUT2D eigenvalue weighted by Gasteiger charge is -2.11. The van der Waals surface area contributed by atoms with Crippen LogP contribution in [0.5, 0.6) is 17.2 Å². The Morgan fingerprint density at radius 2 is 1.90 bits per heavy atom. The third-order valence-electron chi connectivity index (χ3n) is 2.79. The molecule has 0 aromatic heterocycles. The van der Waals surface area contributed by atoms with Crippen LogP contribution in [0.2, 0.25) is 0 Å². The summed E-state index contributed by atoms with van der Waals surface area (Å²) < 4.78 is 5.68. The molecule has 4 heteroatoms. The number of aromatic hydroxyl groups is 1. The fourth-order valence-electron chi connectivity index (χ4n) is 1.79. The first-order chi connectivity index (χ1) is 9.61. The fraction of sp³-hybridized carbons (Fsp3) is 0.0625. The second-order valence-corrected chi connectivity index (χ2v) is 4.18. The summed E-state index contributed by atoms with van der Waals surface area (Å²) in [4.78, 5) is 10.8. The van der Waals surface area contributed by atoms with Gasteiger partial charge >= 0.3 is 5.97 Å². The Hall–Kier alpha value is -2.75. The molecule has 2 rings (SSSR count). The molecule has 2 aromatic carbocycles. The van der Waals surface area contributed by atoms with E-state index in [0.717, 1.165) is 0 Å². The minimum atomic E-state index is -0.985. The lowest BCUT2D eigenvalue weighted by atomic mass is 10.1. The maximum Gasteiger partial charge on any atom is 0.335 e. The van der Waals surface area contributed by atoms with Gasteiger partial charge in [-0.05, 0) is 42.8 Å². The van der Waals surface area contributed by atoms with E-state index >= 15 is 0 Å². The molecule has 0 saturated heterocycles. The highest BCUT2D eigenvalue weighted by Gasteiger charge is 2.09. The van der Waals surface area contributed by atoms with Crippen LogP contribution in [0.1, 0.15) is 15.9 Å². The molecular weight excluding hydrogens is 256 g/mol. The number of carbonyl (C=O) groups is 1. The summed E-state index contributed by atoms with van der Waals surface area (Å²) in [6.45, 7) is 3.64. The minimum Gasteiger partial charge on any atom is -0.508 e. The zero-order valence-electron chi connectivity index (χ0n) is 10.7. The lowest BCUT2D eigenvalue weighted by Crippen LogP contribution is -1.96. The van der Waals surface area contributed by atoms with Crippen LogP contribution in [-0.4, -0.2) is 16.2 Å². The van der Waals surface area contributed by atoms with E-state index in [1.807, 2.05) is 0 Å². The lowest BCUT2D eigenvalue weighted by molar-refractivity contribution is 0.0697. The molecule has 4 nitrogen and oxygen atoms in total. The summed E-state index contributed by atoms with van der Waals surface area (Å²) in [6.07, 6.45) is 2.16. The molecule has 0 unspecified atom stereocenters. The van der Waals surface area contributed by atoms with Gasteiger partial charge in [0, 0.05) is 5.56 Å². The zero-order valence-corrected chi connectivity index (χ0v) is 10.7. The number of carboxylic acid groups (broad SMARTS) is 1. The van der Waals surface area contributed by atoms with Crippen molar-refractivity contribution in [2.45, 2.75) is 6.42 Å². The average Bonchev–Trinajstić information content (AvgIpc) is 2.43. The number of rotatable bonds is 5. The molecule has 0 bridgehead atoms. The number of hydrogen-bond acceptors (Lipinski definition) is 3. The van der Waals surface area contributed by atoms with Crippen LogP contribution in [0.25, 0.3) is 0 Å². The van der Waals surface area contributed by atoms with Gasteiger partial charge in [-0.15, -0.1) is 6.58 Å². The second-order valence-electron chi connectivity index (χ2n) is 4.18. The predicted molar refractivity (Wildman–Crippen MR) is 75.5 cm³/mol. The summed E-state index contributed by atoms with van der Waals surface area (Å²) in [5, 5.41) is 18.6. The fourth-order valence-corrected chi connectivity index (χ4v) is 1.79. The van der Waals surface area contributed by atoms with E-state index in [-0.39, 0.29) is 11.3 Å². The number of aromatic carboxylic acids is 1. The van der Waals surface area contributed by atoms with E-state index in [2.05, 4.69) is 6.58 Å². The second kappa shape index (κ2) is 5.93. The molecule has 2 aromatic rings. The van der Waals surface area contributed by atoms with Crippen LogP contribution in [0, 0.1) is 0 Å². The Morgan fingerprint density at radius 3 is 2.50 bits per heavy atom. The quantitative estimate of drug-likeness (QED) is 0.814.